The number of aliphatic carboxylic acids is 1. The molecule has 11 heteroatoms. The van der Waals surface area contributed by atoms with Gasteiger partial charge >= 0.3 is 19.8 Å². The van der Waals surface area contributed by atoms with E-state index in [0.29, 0.717) is 13.0 Å². The molecule has 0 bridgehead atoms. The Morgan fingerprint density at radius 2 is 1.09 bits per heavy atom. The van der Waals surface area contributed by atoms with Gasteiger partial charge in [0.25, 0.3) is 0 Å². The Bertz CT molecular complexity index is 988. The van der Waals surface area contributed by atoms with E-state index in [-0.39, 0.29) is 13.0 Å². The second kappa shape index (κ2) is 38.5. The highest BCUT2D eigenvalue weighted by molar-refractivity contribution is 7.47. The van der Waals surface area contributed by atoms with E-state index in [1.54, 1.807) is 0 Å². The fourth-order valence-electron chi connectivity index (χ4n) is 5.68. The molecule has 3 atom stereocenters. The van der Waals surface area contributed by atoms with Gasteiger partial charge in [-0.1, -0.05) is 166 Å². The maximum absolute atomic E-state index is 12.6. The van der Waals surface area contributed by atoms with Crippen molar-refractivity contribution in [3.8, 4) is 0 Å². The number of unbranched alkanes of at least 4 members (excludes halogenated alkanes) is 20. The summed E-state index contributed by atoms with van der Waals surface area (Å²) in [5.41, 5.74) is 5.35. The molecule has 0 aromatic rings. The Morgan fingerprint density at radius 1 is 0.623 bits per heavy atom. The Labute approximate surface area is 323 Å². The normalized spacial score (nSPS) is 14.3. The lowest BCUT2D eigenvalue weighted by molar-refractivity contribution is -0.154. The highest BCUT2D eigenvalue weighted by atomic mass is 31.2. The summed E-state index contributed by atoms with van der Waals surface area (Å²) in [6.45, 7) is 3.76. The SMILES string of the molecule is CC/C=C\C/C=C\C/C=C\CCCCCCCC(=O)O[C@H](COCCCCCCCCCCCCCCCCCC)COP(=O)(O)OC[C@H](N)C(=O)O. The molecular formula is C42H78NO9P. The van der Waals surface area contributed by atoms with Crippen LogP contribution < -0.4 is 5.73 Å². The minimum absolute atomic E-state index is 0.0122. The maximum Gasteiger partial charge on any atom is 0.472 e. The van der Waals surface area contributed by atoms with Crippen LogP contribution in [0.2, 0.25) is 0 Å². The summed E-state index contributed by atoms with van der Waals surface area (Å²) in [6.07, 6.45) is 41.9. The molecule has 0 rings (SSSR count). The van der Waals surface area contributed by atoms with Crippen molar-refractivity contribution in [2.75, 3.05) is 26.4 Å². The Kier molecular flexibility index (Phi) is 37.2. The van der Waals surface area contributed by atoms with Crippen LogP contribution in [-0.2, 0) is 32.7 Å². The van der Waals surface area contributed by atoms with E-state index in [1.165, 1.54) is 83.5 Å². The van der Waals surface area contributed by atoms with Crippen LogP contribution >= 0.6 is 7.82 Å². The molecule has 0 aliphatic carbocycles. The van der Waals surface area contributed by atoms with Crippen LogP contribution in [0.25, 0.3) is 0 Å². The van der Waals surface area contributed by atoms with E-state index < -0.39 is 45.1 Å². The molecule has 0 amide bonds. The zero-order valence-electron chi connectivity index (χ0n) is 33.6. The van der Waals surface area contributed by atoms with Gasteiger partial charge in [0.05, 0.1) is 19.8 Å². The topological polar surface area (TPSA) is 155 Å². The molecule has 0 radical (unpaired) electrons. The molecule has 310 valence electrons. The first-order valence-corrected chi connectivity index (χ1v) is 22.5. The average molecular weight is 772 g/mol. The Balaban J connectivity index is 4.26. The number of allylic oxidation sites excluding steroid dienone is 6. The van der Waals surface area contributed by atoms with Gasteiger partial charge in [-0.05, 0) is 44.9 Å². The van der Waals surface area contributed by atoms with E-state index >= 15 is 0 Å². The molecule has 0 aliphatic rings. The molecule has 0 aromatic carbocycles. The summed E-state index contributed by atoms with van der Waals surface area (Å²) in [6, 6.07) is -1.47. The molecule has 4 N–H and O–H groups in total. The lowest BCUT2D eigenvalue weighted by atomic mass is 10.0. The predicted molar refractivity (Wildman–Crippen MR) is 217 cm³/mol. The molecule has 0 fully saturated rings. The number of ether oxygens (including phenoxy) is 2. The summed E-state index contributed by atoms with van der Waals surface area (Å²) >= 11 is 0. The standard InChI is InChI=1S/C42H78NO9P/c1-3-5-7-9-11-13-15-17-19-21-23-25-27-29-31-33-35-49-36-39(37-50-53(47,48)51-38-40(43)42(45)46)52-41(44)34-32-30-28-26-24-22-20-18-16-14-12-10-8-6-4-2/h6,8,12,14,18,20,39-40H,3-5,7,9-11,13,15-17,19,21-38,43H2,1-2H3,(H,45,46)(H,47,48)/b8-6-,14-12-,20-18-/t39-,40+/m1/s1. The zero-order chi connectivity index (χ0) is 39.1. The Hall–Kier alpha value is -1.81. The van der Waals surface area contributed by atoms with Gasteiger partial charge in [-0.25, -0.2) is 4.57 Å². The summed E-state index contributed by atoms with van der Waals surface area (Å²) in [5, 5.41) is 8.88. The fraction of sp³-hybridized carbons (Fsp3) is 0.810. The molecule has 0 aliphatic heterocycles. The first-order valence-electron chi connectivity index (χ1n) is 21.0. The first-order chi connectivity index (χ1) is 25.7. The highest BCUT2D eigenvalue weighted by Gasteiger charge is 2.27. The minimum Gasteiger partial charge on any atom is -0.480 e. The number of hydrogen-bond acceptors (Lipinski definition) is 8. The fourth-order valence-corrected chi connectivity index (χ4v) is 6.45. The van der Waals surface area contributed by atoms with Crippen molar-refractivity contribution < 1.29 is 42.7 Å². The third-order valence-corrected chi connectivity index (χ3v) is 9.88. The number of phosphoric ester groups is 1. The van der Waals surface area contributed by atoms with Gasteiger partial charge in [-0.3, -0.25) is 18.6 Å². The number of phosphoric acid groups is 1. The van der Waals surface area contributed by atoms with Crippen molar-refractivity contribution >= 4 is 19.8 Å². The monoisotopic (exact) mass is 772 g/mol. The lowest BCUT2D eigenvalue weighted by Crippen LogP contribution is -2.34. The van der Waals surface area contributed by atoms with Crippen molar-refractivity contribution in [2.24, 2.45) is 5.73 Å². The Morgan fingerprint density at radius 3 is 1.64 bits per heavy atom. The largest absolute Gasteiger partial charge is 0.480 e. The van der Waals surface area contributed by atoms with Crippen LogP contribution in [-0.4, -0.2) is 60.5 Å². The van der Waals surface area contributed by atoms with Crippen LogP contribution in [0.5, 0.6) is 0 Å². The molecule has 0 saturated heterocycles. The smallest absolute Gasteiger partial charge is 0.472 e. The summed E-state index contributed by atoms with van der Waals surface area (Å²) in [5.74, 6) is -1.79. The number of hydrogen-bond donors (Lipinski definition) is 3. The molecule has 0 spiro atoms. The van der Waals surface area contributed by atoms with E-state index in [0.717, 1.165) is 70.6 Å². The van der Waals surface area contributed by atoms with Crippen LogP contribution in [0.3, 0.4) is 0 Å². The van der Waals surface area contributed by atoms with Crippen molar-refractivity contribution in [2.45, 2.75) is 193 Å². The third kappa shape index (κ3) is 38.3. The molecule has 10 nitrogen and oxygen atoms in total. The summed E-state index contributed by atoms with van der Waals surface area (Å²) in [7, 11) is -4.62. The van der Waals surface area contributed by atoms with Crippen molar-refractivity contribution in [3.63, 3.8) is 0 Å². The van der Waals surface area contributed by atoms with Gasteiger partial charge in [0, 0.05) is 13.0 Å². The van der Waals surface area contributed by atoms with E-state index in [4.69, 9.17) is 29.4 Å². The number of esters is 1. The minimum atomic E-state index is -4.62. The van der Waals surface area contributed by atoms with Crippen LogP contribution in [0.1, 0.15) is 181 Å². The number of carbonyl (C=O) groups excluding carboxylic acids is 1. The van der Waals surface area contributed by atoms with E-state index in [9.17, 15) is 19.0 Å². The number of carboxylic acids is 1. The quantitative estimate of drug-likeness (QED) is 0.0237. The van der Waals surface area contributed by atoms with Gasteiger partial charge in [0.1, 0.15) is 12.1 Å². The summed E-state index contributed by atoms with van der Waals surface area (Å²) < 4.78 is 33.3. The zero-order valence-corrected chi connectivity index (χ0v) is 34.5. The number of rotatable bonds is 40. The van der Waals surface area contributed by atoms with Crippen molar-refractivity contribution in [1.82, 2.24) is 0 Å². The first kappa shape index (κ1) is 51.2. The van der Waals surface area contributed by atoms with E-state index in [1.807, 2.05) is 0 Å². The summed E-state index contributed by atoms with van der Waals surface area (Å²) in [4.78, 5) is 33.5. The van der Waals surface area contributed by atoms with Crippen LogP contribution in [0.4, 0.5) is 0 Å². The van der Waals surface area contributed by atoms with Gasteiger partial charge in [0.15, 0.2) is 0 Å². The van der Waals surface area contributed by atoms with Crippen molar-refractivity contribution in [3.05, 3.63) is 36.5 Å². The van der Waals surface area contributed by atoms with E-state index in [2.05, 4.69) is 50.3 Å². The number of carbonyl (C=O) groups is 2. The number of nitrogens with two attached hydrogens (primary N) is 1. The van der Waals surface area contributed by atoms with Crippen LogP contribution in [0, 0.1) is 0 Å². The number of carboxylic acid groups (broad SMARTS) is 1. The molecule has 1 unspecified atom stereocenters. The molecule has 0 aromatic heterocycles. The second-order valence-electron chi connectivity index (χ2n) is 14.1. The second-order valence-corrected chi connectivity index (χ2v) is 15.5. The third-order valence-electron chi connectivity index (χ3n) is 8.93. The van der Waals surface area contributed by atoms with Crippen LogP contribution in [0.15, 0.2) is 36.5 Å². The lowest BCUT2D eigenvalue weighted by Gasteiger charge is -2.20. The maximum atomic E-state index is 12.6. The molecular weight excluding hydrogens is 693 g/mol. The molecule has 0 saturated carbocycles. The van der Waals surface area contributed by atoms with Gasteiger partial charge in [0.2, 0.25) is 0 Å². The van der Waals surface area contributed by atoms with Gasteiger partial charge in [-0.2, -0.15) is 0 Å². The molecule has 53 heavy (non-hydrogen) atoms. The average Bonchev–Trinajstić information content (AvgIpc) is 3.13. The van der Waals surface area contributed by atoms with Gasteiger partial charge in [-0.15, -0.1) is 0 Å². The van der Waals surface area contributed by atoms with Crippen molar-refractivity contribution in [1.29, 1.82) is 0 Å². The predicted octanol–water partition coefficient (Wildman–Crippen LogP) is 11.3. The van der Waals surface area contributed by atoms with Gasteiger partial charge < -0.3 is 25.2 Å². The highest BCUT2D eigenvalue weighted by Crippen LogP contribution is 2.43. The molecule has 0 heterocycles.